The lowest BCUT2D eigenvalue weighted by Gasteiger charge is -2.22. The second-order valence-electron chi connectivity index (χ2n) is 4.16. The van der Waals surface area contributed by atoms with Crippen molar-refractivity contribution in [2.45, 2.75) is 6.29 Å². The number of hydrogen-bond acceptors (Lipinski definition) is 5. The van der Waals surface area contributed by atoms with Gasteiger partial charge in [0.25, 0.3) is 5.91 Å². The van der Waals surface area contributed by atoms with Gasteiger partial charge in [-0.1, -0.05) is 0 Å². The predicted molar refractivity (Wildman–Crippen MR) is 74.3 cm³/mol. The highest BCUT2D eigenvalue weighted by Crippen LogP contribution is 2.27. The van der Waals surface area contributed by atoms with Gasteiger partial charge in [0.15, 0.2) is 17.8 Å². The molecule has 0 aliphatic carbocycles. The molecule has 0 atom stereocenters. The fourth-order valence-electron chi connectivity index (χ4n) is 1.74. The number of nitrogens with zero attached hydrogens (tertiary/aromatic N) is 1. The van der Waals surface area contributed by atoms with Crippen LogP contribution in [0.15, 0.2) is 18.2 Å². The maximum absolute atomic E-state index is 12.3. The van der Waals surface area contributed by atoms with E-state index in [1.54, 1.807) is 32.4 Å². The van der Waals surface area contributed by atoms with E-state index in [1.807, 2.05) is 0 Å². The number of likely N-dealkylation sites (N-methyl/N-ethyl adjacent to an activating group) is 1. The largest absolute Gasteiger partial charge is 0.493 e. The summed E-state index contributed by atoms with van der Waals surface area (Å²) in [5.41, 5.74) is 0.510. The molecule has 1 rings (SSSR count). The monoisotopic (exact) mass is 283 g/mol. The van der Waals surface area contributed by atoms with Gasteiger partial charge in [0.2, 0.25) is 0 Å². The standard InChI is InChI=1S/C14H21NO5/c1-15(9-13(19-4)20-5)14(16)10-6-7-11(17-2)12(8-10)18-3/h6-8,13H,9H2,1-5H3. The number of hydrogen-bond donors (Lipinski definition) is 0. The van der Waals surface area contributed by atoms with Crippen molar-refractivity contribution < 1.29 is 23.7 Å². The third kappa shape index (κ3) is 3.85. The third-order valence-electron chi connectivity index (χ3n) is 2.93. The summed E-state index contributed by atoms with van der Waals surface area (Å²) in [5.74, 6) is 0.949. The number of ether oxygens (including phenoxy) is 4. The van der Waals surface area contributed by atoms with E-state index in [1.165, 1.54) is 26.2 Å². The van der Waals surface area contributed by atoms with Gasteiger partial charge in [-0.05, 0) is 18.2 Å². The van der Waals surface area contributed by atoms with Gasteiger partial charge in [-0.2, -0.15) is 0 Å². The van der Waals surface area contributed by atoms with Crippen molar-refractivity contribution in [1.82, 2.24) is 4.90 Å². The minimum atomic E-state index is -0.455. The molecule has 0 unspecified atom stereocenters. The van der Waals surface area contributed by atoms with Crippen molar-refractivity contribution >= 4 is 5.91 Å². The Labute approximate surface area is 119 Å². The van der Waals surface area contributed by atoms with E-state index in [2.05, 4.69) is 0 Å². The Morgan fingerprint density at radius 2 is 1.70 bits per heavy atom. The molecule has 0 aromatic heterocycles. The summed E-state index contributed by atoms with van der Waals surface area (Å²) in [7, 11) is 7.82. The van der Waals surface area contributed by atoms with Crippen LogP contribution in [0.25, 0.3) is 0 Å². The molecule has 0 bridgehead atoms. The molecular formula is C14H21NO5. The fraction of sp³-hybridized carbons (Fsp3) is 0.500. The Morgan fingerprint density at radius 3 is 2.20 bits per heavy atom. The Bertz CT molecular complexity index is 445. The van der Waals surface area contributed by atoms with Crippen molar-refractivity contribution in [3.05, 3.63) is 23.8 Å². The lowest BCUT2D eigenvalue weighted by atomic mass is 10.1. The van der Waals surface area contributed by atoms with E-state index >= 15 is 0 Å². The van der Waals surface area contributed by atoms with Gasteiger partial charge in [-0.3, -0.25) is 4.79 Å². The van der Waals surface area contributed by atoms with Gasteiger partial charge in [0.1, 0.15) is 0 Å². The average Bonchev–Trinajstić information content (AvgIpc) is 2.50. The first-order valence-corrected chi connectivity index (χ1v) is 6.10. The second-order valence-corrected chi connectivity index (χ2v) is 4.16. The number of amides is 1. The summed E-state index contributed by atoms with van der Waals surface area (Å²) in [6.45, 7) is 0.334. The first-order chi connectivity index (χ1) is 9.57. The van der Waals surface area contributed by atoms with Gasteiger partial charge >= 0.3 is 0 Å². The normalized spacial score (nSPS) is 10.5. The van der Waals surface area contributed by atoms with Crippen molar-refractivity contribution in [2.24, 2.45) is 0 Å². The lowest BCUT2D eigenvalue weighted by Crippen LogP contribution is -2.36. The highest BCUT2D eigenvalue weighted by Gasteiger charge is 2.18. The van der Waals surface area contributed by atoms with E-state index in [0.717, 1.165) is 0 Å². The van der Waals surface area contributed by atoms with Crippen molar-refractivity contribution in [3.63, 3.8) is 0 Å². The van der Waals surface area contributed by atoms with Gasteiger partial charge in [-0.25, -0.2) is 0 Å². The van der Waals surface area contributed by atoms with Gasteiger partial charge < -0.3 is 23.8 Å². The van der Waals surface area contributed by atoms with Crippen LogP contribution in [-0.4, -0.2) is 59.1 Å². The quantitative estimate of drug-likeness (QED) is 0.708. The Balaban J connectivity index is 2.86. The van der Waals surface area contributed by atoms with Crippen molar-refractivity contribution in [2.75, 3.05) is 42.0 Å². The summed E-state index contributed by atoms with van der Waals surface area (Å²) >= 11 is 0. The summed E-state index contributed by atoms with van der Waals surface area (Å²) in [6, 6.07) is 5.03. The fourth-order valence-corrected chi connectivity index (χ4v) is 1.74. The first-order valence-electron chi connectivity index (χ1n) is 6.10. The molecule has 0 N–H and O–H groups in total. The lowest BCUT2D eigenvalue weighted by molar-refractivity contribution is -0.110. The predicted octanol–water partition coefficient (Wildman–Crippen LogP) is 1.39. The van der Waals surface area contributed by atoms with Crippen LogP contribution in [0.1, 0.15) is 10.4 Å². The van der Waals surface area contributed by atoms with Crippen LogP contribution >= 0.6 is 0 Å². The molecule has 0 radical (unpaired) electrons. The van der Waals surface area contributed by atoms with Crippen LogP contribution in [0.4, 0.5) is 0 Å². The zero-order valence-electron chi connectivity index (χ0n) is 12.5. The molecule has 0 fully saturated rings. The second kappa shape index (κ2) is 7.72. The molecule has 1 aromatic carbocycles. The van der Waals surface area contributed by atoms with E-state index in [9.17, 15) is 4.79 Å². The number of benzene rings is 1. The molecule has 1 aromatic rings. The van der Waals surface area contributed by atoms with Crippen molar-refractivity contribution in [1.29, 1.82) is 0 Å². The molecule has 0 saturated carbocycles. The van der Waals surface area contributed by atoms with Crippen LogP contribution in [0.3, 0.4) is 0 Å². The number of carbonyl (C=O) groups is 1. The number of rotatable bonds is 7. The van der Waals surface area contributed by atoms with E-state index < -0.39 is 6.29 Å². The zero-order valence-corrected chi connectivity index (χ0v) is 12.5. The van der Waals surface area contributed by atoms with Crippen LogP contribution in [-0.2, 0) is 9.47 Å². The molecule has 112 valence electrons. The molecule has 1 amide bonds. The Kier molecular flexibility index (Phi) is 6.27. The smallest absolute Gasteiger partial charge is 0.253 e. The molecule has 0 aliphatic heterocycles. The van der Waals surface area contributed by atoms with E-state index in [4.69, 9.17) is 18.9 Å². The molecule has 6 nitrogen and oxygen atoms in total. The molecule has 0 aliphatic rings. The minimum absolute atomic E-state index is 0.148. The van der Waals surface area contributed by atoms with E-state index in [-0.39, 0.29) is 5.91 Å². The average molecular weight is 283 g/mol. The minimum Gasteiger partial charge on any atom is -0.493 e. The summed E-state index contributed by atoms with van der Waals surface area (Å²) in [6.07, 6.45) is -0.455. The molecular weight excluding hydrogens is 262 g/mol. The third-order valence-corrected chi connectivity index (χ3v) is 2.93. The van der Waals surface area contributed by atoms with Crippen LogP contribution in [0.5, 0.6) is 11.5 Å². The highest BCUT2D eigenvalue weighted by molar-refractivity contribution is 5.94. The first kappa shape index (κ1) is 16.3. The number of carbonyl (C=O) groups excluding carboxylic acids is 1. The zero-order chi connectivity index (χ0) is 15.1. The van der Waals surface area contributed by atoms with Crippen LogP contribution in [0, 0.1) is 0 Å². The van der Waals surface area contributed by atoms with Crippen molar-refractivity contribution in [3.8, 4) is 11.5 Å². The molecule has 0 spiro atoms. The topological polar surface area (TPSA) is 57.2 Å². The van der Waals surface area contributed by atoms with Crippen LogP contribution in [0.2, 0.25) is 0 Å². The Hall–Kier alpha value is -1.79. The Morgan fingerprint density at radius 1 is 1.10 bits per heavy atom. The summed E-state index contributed by atoms with van der Waals surface area (Å²) in [4.78, 5) is 13.8. The van der Waals surface area contributed by atoms with Crippen LogP contribution < -0.4 is 9.47 Å². The van der Waals surface area contributed by atoms with E-state index in [0.29, 0.717) is 23.6 Å². The summed E-state index contributed by atoms with van der Waals surface area (Å²) < 4.78 is 20.5. The molecule has 0 heterocycles. The molecule has 0 saturated heterocycles. The summed E-state index contributed by atoms with van der Waals surface area (Å²) in [5, 5.41) is 0. The highest BCUT2D eigenvalue weighted by atomic mass is 16.7. The number of methoxy groups -OCH3 is 4. The molecule has 20 heavy (non-hydrogen) atoms. The van der Waals surface area contributed by atoms with Gasteiger partial charge in [0.05, 0.1) is 20.8 Å². The van der Waals surface area contributed by atoms with Gasteiger partial charge in [-0.15, -0.1) is 0 Å². The van der Waals surface area contributed by atoms with Gasteiger partial charge in [0, 0.05) is 26.8 Å². The SMILES string of the molecule is COc1ccc(C(=O)N(C)CC(OC)OC)cc1OC. The molecule has 6 heteroatoms. The maximum Gasteiger partial charge on any atom is 0.253 e. The maximum atomic E-state index is 12.3.